The molecule has 3 aromatic rings. The first kappa shape index (κ1) is 19.4. The quantitative estimate of drug-likeness (QED) is 0.697. The van der Waals surface area contributed by atoms with Gasteiger partial charge in [-0.05, 0) is 47.4 Å². The normalized spacial score (nSPS) is 15.0. The number of benzene rings is 2. The molecule has 29 heavy (non-hydrogen) atoms. The Morgan fingerprint density at radius 2 is 1.83 bits per heavy atom. The van der Waals surface area contributed by atoms with Gasteiger partial charge in [-0.15, -0.1) is 0 Å². The molecule has 0 aliphatic carbocycles. The van der Waals surface area contributed by atoms with Gasteiger partial charge in [0.2, 0.25) is 5.91 Å². The first-order valence-corrected chi connectivity index (χ1v) is 10.0. The summed E-state index contributed by atoms with van der Waals surface area (Å²) < 4.78 is 15.2. The molecule has 0 fully saturated rings. The van der Waals surface area contributed by atoms with E-state index in [0.717, 1.165) is 25.1 Å². The second kappa shape index (κ2) is 8.62. The number of hydrogen-bond donors (Lipinski definition) is 1. The van der Waals surface area contributed by atoms with Crippen LogP contribution in [0.2, 0.25) is 0 Å². The molecule has 150 valence electrons. The van der Waals surface area contributed by atoms with E-state index in [2.05, 4.69) is 45.1 Å². The van der Waals surface area contributed by atoms with Crippen molar-refractivity contribution in [1.82, 2.24) is 14.8 Å². The van der Waals surface area contributed by atoms with Crippen molar-refractivity contribution in [1.29, 1.82) is 0 Å². The lowest BCUT2D eigenvalue weighted by Gasteiger charge is -2.36. The van der Waals surface area contributed by atoms with E-state index in [1.165, 1.54) is 29.0 Å². The Morgan fingerprint density at radius 1 is 1.07 bits per heavy atom. The fourth-order valence-corrected chi connectivity index (χ4v) is 4.09. The highest BCUT2D eigenvalue weighted by Crippen LogP contribution is 2.27. The molecule has 0 bridgehead atoms. The number of nitrogens with zero attached hydrogens (tertiary/aromatic N) is 2. The van der Waals surface area contributed by atoms with Gasteiger partial charge in [-0.3, -0.25) is 9.69 Å². The van der Waals surface area contributed by atoms with Crippen LogP contribution in [0.25, 0.3) is 0 Å². The fraction of sp³-hybridized carbons (Fsp3) is 0.292. The Hall–Kier alpha value is -2.92. The molecule has 1 amide bonds. The van der Waals surface area contributed by atoms with Crippen molar-refractivity contribution in [2.24, 2.45) is 7.05 Å². The third kappa shape index (κ3) is 4.57. The number of carbonyl (C=O) groups is 1. The first-order chi connectivity index (χ1) is 14.1. The van der Waals surface area contributed by atoms with Crippen LogP contribution in [-0.4, -0.2) is 28.5 Å². The number of fused-ring (bicyclic) bond motifs is 1. The van der Waals surface area contributed by atoms with Crippen LogP contribution in [0.3, 0.4) is 0 Å². The van der Waals surface area contributed by atoms with Crippen LogP contribution < -0.4 is 5.32 Å². The number of halogens is 1. The molecule has 1 atom stereocenters. The number of rotatable bonds is 6. The zero-order valence-electron chi connectivity index (χ0n) is 16.6. The van der Waals surface area contributed by atoms with E-state index in [9.17, 15) is 9.18 Å². The van der Waals surface area contributed by atoms with Crippen molar-refractivity contribution in [3.8, 4) is 0 Å². The molecular weight excluding hydrogens is 365 g/mol. The maximum absolute atomic E-state index is 13.1. The Morgan fingerprint density at radius 3 is 2.55 bits per heavy atom. The molecule has 0 spiro atoms. The number of carbonyl (C=O) groups excluding carboxylic acids is 1. The van der Waals surface area contributed by atoms with E-state index < -0.39 is 0 Å². The van der Waals surface area contributed by atoms with E-state index in [1.54, 1.807) is 12.1 Å². The summed E-state index contributed by atoms with van der Waals surface area (Å²) in [6.45, 7) is 2.38. The molecule has 2 aromatic carbocycles. The van der Waals surface area contributed by atoms with Gasteiger partial charge < -0.3 is 9.88 Å². The van der Waals surface area contributed by atoms with Crippen molar-refractivity contribution in [2.75, 3.05) is 13.1 Å². The van der Waals surface area contributed by atoms with Crippen molar-refractivity contribution in [3.63, 3.8) is 0 Å². The van der Waals surface area contributed by atoms with Crippen molar-refractivity contribution >= 4 is 5.91 Å². The van der Waals surface area contributed by atoms with Gasteiger partial charge in [-0.1, -0.05) is 36.4 Å². The van der Waals surface area contributed by atoms with Crippen LogP contribution in [0.5, 0.6) is 0 Å². The molecule has 1 aromatic heterocycles. The highest BCUT2D eigenvalue weighted by atomic mass is 19.1. The highest BCUT2D eigenvalue weighted by Gasteiger charge is 2.26. The first-order valence-electron chi connectivity index (χ1n) is 10.0. The van der Waals surface area contributed by atoms with E-state index in [1.807, 2.05) is 19.3 Å². The summed E-state index contributed by atoms with van der Waals surface area (Å²) in [6, 6.07) is 18.9. The van der Waals surface area contributed by atoms with Crippen molar-refractivity contribution in [3.05, 3.63) is 95.1 Å². The zero-order chi connectivity index (χ0) is 20.2. The van der Waals surface area contributed by atoms with Crippen LogP contribution in [0, 0.1) is 5.82 Å². The number of aryl methyl sites for hydroxylation is 1. The van der Waals surface area contributed by atoms with Gasteiger partial charge in [-0.25, -0.2) is 4.39 Å². The lowest BCUT2D eigenvalue weighted by Crippen LogP contribution is -2.41. The van der Waals surface area contributed by atoms with Crippen molar-refractivity contribution in [2.45, 2.75) is 25.4 Å². The highest BCUT2D eigenvalue weighted by molar-refractivity contribution is 5.78. The Bertz CT molecular complexity index is 980. The molecule has 1 aliphatic heterocycles. The molecule has 0 saturated heterocycles. The van der Waals surface area contributed by atoms with Gasteiger partial charge in [0.25, 0.3) is 0 Å². The average molecular weight is 391 g/mol. The molecular formula is C24H26FN3O. The monoisotopic (exact) mass is 391 g/mol. The summed E-state index contributed by atoms with van der Waals surface area (Å²) in [5.74, 6) is -0.337. The number of aromatic nitrogens is 1. The largest absolute Gasteiger partial charge is 0.354 e. The number of amides is 1. The van der Waals surface area contributed by atoms with E-state index in [0.29, 0.717) is 6.54 Å². The summed E-state index contributed by atoms with van der Waals surface area (Å²) in [5.41, 5.74) is 4.77. The lowest BCUT2D eigenvalue weighted by atomic mass is 9.97. The Kier molecular flexibility index (Phi) is 5.76. The van der Waals surface area contributed by atoms with Gasteiger partial charge >= 0.3 is 0 Å². The molecule has 2 heterocycles. The number of nitrogens with one attached hydrogen (secondary N) is 1. The topological polar surface area (TPSA) is 37.3 Å². The SMILES string of the molecule is Cn1cccc1[C@H](CNC(=O)Cc1ccc(F)cc1)N1CCc2ccccc2C1. The second-order valence-corrected chi connectivity index (χ2v) is 7.66. The van der Waals surface area contributed by atoms with E-state index in [-0.39, 0.29) is 24.2 Å². The predicted molar refractivity (Wildman–Crippen MR) is 112 cm³/mol. The molecule has 1 N–H and O–H groups in total. The molecule has 0 saturated carbocycles. The maximum atomic E-state index is 13.1. The van der Waals surface area contributed by atoms with Crippen LogP contribution in [-0.2, 0) is 31.2 Å². The Labute approximate surface area is 171 Å². The van der Waals surface area contributed by atoms with Crippen molar-refractivity contribution < 1.29 is 9.18 Å². The van der Waals surface area contributed by atoms with Crippen LogP contribution in [0.4, 0.5) is 4.39 Å². The molecule has 4 rings (SSSR count). The van der Waals surface area contributed by atoms with Gasteiger partial charge in [0, 0.05) is 38.6 Å². The average Bonchev–Trinajstić information content (AvgIpc) is 3.15. The number of hydrogen-bond acceptors (Lipinski definition) is 2. The van der Waals surface area contributed by atoms with Crippen LogP contribution in [0.1, 0.15) is 28.4 Å². The summed E-state index contributed by atoms with van der Waals surface area (Å²) >= 11 is 0. The lowest BCUT2D eigenvalue weighted by molar-refractivity contribution is -0.120. The third-order valence-electron chi connectivity index (χ3n) is 5.70. The standard InChI is InChI=1S/C24H26FN3O/c1-27-13-4-7-22(27)23(28-14-12-19-5-2-3-6-20(19)17-28)16-26-24(29)15-18-8-10-21(25)11-9-18/h2-11,13,23H,12,14-17H2,1H3,(H,26,29)/t23-/m0/s1. The molecule has 5 heteroatoms. The summed E-state index contributed by atoms with van der Waals surface area (Å²) in [4.78, 5) is 14.9. The summed E-state index contributed by atoms with van der Waals surface area (Å²) in [6.07, 6.45) is 3.31. The minimum Gasteiger partial charge on any atom is -0.354 e. The van der Waals surface area contributed by atoms with Gasteiger partial charge in [0.1, 0.15) is 5.82 Å². The molecule has 0 radical (unpaired) electrons. The minimum atomic E-state index is -0.289. The maximum Gasteiger partial charge on any atom is 0.224 e. The zero-order valence-corrected chi connectivity index (χ0v) is 16.6. The minimum absolute atomic E-state index is 0.0479. The van der Waals surface area contributed by atoms with E-state index >= 15 is 0 Å². The van der Waals surface area contributed by atoms with Gasteiger partial charge in [0.15, 0.2) is 0 Å². The summed E-state index contributed by atoms with van der Waals surface area (Å²) in [5, 5.41) is 3.09. The fourth-order valence-electron chi connectivity index (χ4n) is 4.09. The van der Waals surface area contributed by atoms with Gasteiger partial charge in [0.05, 0.1) is 12.5 Å². The van der Waals surface area contributed by atoms with Crippen LogP contribution in [0.15, 0.2) is 66.9 Å². The second-order valence-electron chi connectivity index (χ2n) is 7.66. The van der Waals surface area contributed by atoms with Gasteiger partial charge in [-0.2, -0.15) is 0 Å². The predicted octanol–water partition coefficient (Wildman–Crippen LogP) is 3.62. The molecule has 1 aliphatic rings. The third-order valence-corrected chi connectivity index (χ3v) is 5.70. The van der Waals surface area contributed by atoms with E-state index in [4.69, 9.17) is 0 Å². The Balaban J connectivity index is 1.46. The summed E-state index contributed by atoms with van der Waals surface area (Å²) in [7, 11) is 2.04. The van der Waals surface area contributed by atoms with Crippen LogP contribution >= 0.6 is 0 Å². The smallest absolute Gasteiger partial charge is 0.224 e. The molecule has 0 unspecified atom stereocenters. The molecule has 4 nitrogen and oxygen atoms in total.